The van der Waals surface area contributed by atoms with E-state index in [9.17, 15) is 14.5 Å². The number of carbonyl (C=O) groups is 2. The maximum Gasteiger partial charge on any atom is 0.322 e. The van der Waals surface area contributed by atoms with Crippen molar-refractivity contribution in [2.75, 3.05) is 19.4 Å². The molecule has 0 aliphatic carbocycles. The average Bonchev–Trinajstić information content (AvgIpc) is 2.42. The highest BCUT2D eigenvalue weighted by Gasteiger charge is 2.36. The molecule has 1 aliphatic heterocycles. The second kappa shape index (κ2) is 4.88. The highest BCUT2D eigenvalue weighted by atomic mass is 31.2. The van der Waals surface area contributed by atoms with Gasteiger partial charge in [0.15, 0.2) is 0 Å². The quantitative estimate of drug-likeness (QED) is 0.465. The molecule has 1 rings (SSSR count). The molecule has 1 aliphatic rings. The minimum absolute atomic E-state index is 0.337. The lowest BCUT2D eigenvalue weighted by Crippen LogP contribution is -2.30. The van der Waals surface area contributed by atoms with Crippen LogP contribution in [-0.2, 0) is 9.32 Å². The first-order valence-corrected chi connectivity index (χ1v) is 7.08. The third kappa shape index (κ3) is 3.74. The molecule has 15 heavy (non-hydrogen) atoms. The van der Waals surface area contributed by atoms with Gasteiger partial charge in [-0.15, -0.1) is 0 Å². The van der Waals surface area contributed by atoms with Crippen LogP contribution in [0, 0.1) is 0 Å². The number of amides is 3. The highest BCUT2D eigenvalue weighted by molar-refractivity contribution is 7.64. The fourth-order valence-corrected chi connectivity index (χ4v) is 2.80. The Hall–Kier alpha value is -0.710. The van der Waals surface area contributed by atoms with Gasteiger partial charge in [0.25, 0.3) is 13.6 Å². The van der Waals surface area contributed by atoms with E-state index in [0.29, 0.717) is 19.2 Å². The second-order valence-corrected chi connectivity index (χ2v) is 6.30. The summed E-state index contributed by atoms with van der Waals surface area (Å²) in [4.78, 5) is 31.7. The van der Waals surface area contributed by atoms with Gasteiger partial charge in [-0.1, -0.05) is 0 Å². The monoisotopic (exact) mass is 235 g/mol. The van der Waals surface area contributed by atoms with E-state index >= 15 is 0 Å². The van der Waals surface area contributed by atoms with E-state index in [2.05, 4.69) is 10.6 Å². The largest absolute Gasteiger partial charge is 0.326 e. The van der Waals surface area contributed by atoms with E-state index in [1.54, 1.807) is 13.6 Å². The Morgan fingerprint density at radius 1 is 1.53 bits per heavy atom. The summed E-state index contributed by atoms with van der Waals surface area (Å²) in [5.41, 5.74) is 0. The van der Waals surface area contributed by atoms with E-state index in [0.717, 1.165) is 0 Å². The second-order valence-electron chi connectivity index (χ2n) is 3.50. The topological polar surface area (TPSA) is 87.7 Å². The minimum Gasteiger partial charge on any atom is -0.326 e. The standard InChI is InChI=1S/C8H15N2O4P/c1-3-14-15(2,13)5-4-6-7(11)10-8(12)9-6/h6,13H,3-5H2,1-2H3,(H-,9,10,11,12)/p+1/t6-,15?/m1/s1. The normalized spacial score (nSPS) is 24.6. The molecule has 0 aromatic carbocycles. The molecular weight excluding hydrogens is 219 g/mol. The first-order chi connectivity index (χ1) is 6.94. The van der Waals surface area contributed by atoms with Gasteiger partial charge in [0.05, 0.1) is 6.61 Å². The van der Waals surface area contributed by atoms with Gasteiger partial charge in [0.1, 0.15) is 18.9 Å². The maximum atomic E-state index is 11.2. The number of rotatable bonds is 5. The number of imide groups is 1. The lowest BCUT2D eigenvalue weighted by molar-refractivity contribution is -0.120. The van der Waals surface area contributed by atoms with Crippen LogP contribution in [0.25, 0.3) is 0 Å². The highest BCUT2D eigenvalue weighted by Crippen LogP contribution is 2.52. The summed E-state index contributed by atoms with van der Waals surface area (Å²) in [5.74, 6) is -0.337. The number of nitrogens with one attached hydrogen (secondary N) is 2. The first-order valence-electron chi connectivity index (χ1n) is 4.79. The smallest absolute Gasteiger partial charge is 0.322 e. The molecule has 86 valence electrons. The fraction of sp³-hybridized carbons (Fsp3) is 0.750. The number of urea groups is 1. The van der Waals surface area contributed by atoms with Crippen molar-refractivity contribution >= 4 is 19.7 Å². The number of hydrogen-bond donors (Lipinski definition) is 3. The van der Waals surface area contributed by atoms with Crippen molar-refractivity contribution in [1.82, 2.24) is 10.6 Å². The Morgan fingerprint density at radius 2 is 2.20 bits per heavy atom. The van der Waals surface area contributed by atoms with Crippen LogP contribution in [0.2, 0.25) is 0 Å². The Bertz CT molecular complexity index is 269. The van der Waals surface area contributed by atoms with Crippen LogP contribution in [0.5, 0.6) is 0 Å². The molecule has 0 radical (unpaired) electrons. The van der Waals surface area contributed by atoms with E-state index in [1.165, 1.54) is 0 Å². The molecule has 0 saturated carbocycles. The van der Waals surface area contributed by atoms with Crippen molar-refractivity contribution in [2.45, 2.75) is 19.4 Å². The Balaban J connectivity index is 2.37. The van der Waals surface area contributed by atoms with E-state index in [4.69, 9.17) is 4.52 Å². The summed E-state index contributed by atoms with van der Waals surface area (Å²) >= 11 is 0. The molecule has 2 atom stereocenters. The molecule has 0 bridgehead atoms. The maximum absolute atomic E-state index is 11.2. The summed E-state index contributed by atoms with van der Waals surface area (Å²) in [6, 6.07) is -1.01. The summed E-state index contributed by atoms with van der Waals surface area (Å²) in [6.45, 7) is 3.90. The Morgan fingerprint density at radius 3 is 2.67 bits per heavy atom. The predicted octanol–water partition coefficient (Wildman–Crippen LogP) is 0.0907. The van der Waals surface area contributed by atoms with Gasteiger partial charge in [-0.05, 0) is 6.92 Å². The van der Waals surface area contributed by atoms with Crippen molar-refractivity contribution in [3.8, 4) is 0 Å². The molecule has 7 heteroatoms. The molecule has 1 fully saturated rings. The molecule has 6 nitrogen and oxygen atoms in total. The van der Waals surface area contributed by atoms with Crippen molar-refractivity contribution < 1.29 is 19.0 Å². The molecule has 3 amide bonds. The van der Waals surface area contributed by atoms with Gasteiger partial charge in [-0.25, -0.2) is 14.2 Å². The Kier molecular flexibility index (Phi) is 4.02. The zero-order valence-electron chi connectivity index (χ0n) is 8.82. The van der Waals surface area contributed by atoms with Crippen LogP contribution in [0.15, 0.2) is 0 Å². The van der Waals surface area contributed by atoms with Crippen LogP contribution in [0.4, 0.5) is 4.79 Å². The van der Waals surface area contributed by atoms with Crippen LogP contribution >= 0.6 is 7.72 Å². The van der Waals surface area contributed by atoms with Crippen LogP contribution in [0.1, 0.15) is 13.3 Å². The SMILES string of the molecule is CCO[P+](C)(O)CC[C@H]1NC(=O)NC1=O. The van der Waals surface area contributed by atoms with Gasteiger partial charge in [0, 0.05) is 6.42 Å². The fourth-order valence-electron chi connectivity index (χ4n) is 1.37. The van der Waals surface area contributed by atoms with Crippen molar-refractivity contribution in [2.24, 2.45) is 0 Å². The zero-order valence-corrected chi connectivity index (χ0v) is 9.71. The molecule has 0 aromatic heterocycles. The lowest BCUT2D eigenvalue weighted by Gasteiger charge is -2.14. The van der Waals surface area contributed by atoms with E-state index < -0.39 is 19.8 Å². The first kappa shape index (κ1) is 12.4. The molecule has 0 aromatic rings. The van der Waals surface area contributed by atoms with Crippen LogP contribution in [0.3, 0.4) is 0 Å². The summed E-state index contributed by atoms with van der Waals surface area (Å²) in [7, 11) is -2.37. The molecule has 3 N–H and O–H groups in total. The van der Waals surface area contributed by atoms with Gasteiger partial charge < -0.3 is 5.32 Å². The summed E-state index contributed by atoms with van der Waals surface area (Å²) < 4.78 is 5.17. The molecule has 1 saturated heterocycles. The lowest BCUT2D eigenvalue weighted by atomic mass is 10.2. The predicted molar refractivity (Wildman–Crippen MR) is 56.6 cm³/mol. The van der Waals surface area contributed by atoms with Gasteiger partial charge >= 0.3 is 6.03 Å². The van der Waals surface area contributed by atoms with Crippen molar-refractivity contribution in [3.63, 3.8) is 0 Å². The molecule has 0 spiro atoms. The zero-order chi connectivity index (χ0) is 11.5. The summed E-state index contributed by atoms with van der Waals surface area (Å²) in [5, 5.41) is 4.61. The average molecular weight is 235 g/mol. The van der Waals surface area contributed by atoms with Crippen molar-refractivity contribution in [1.29, 1.82) is 0 Å². The van der Waals surface area contributed by atoms with Gasteiger partial charge in [-0.3, -0.25) is 10.1 Å². The van der Waals surface area contributed by atoms with Crippen LogP contribution < -0.4 is 10.6 Å². The van der Waals surface area contributed by atoms with E-state index in [-0.39, 0.29) is 5.91 Å². The third-order valence-electron chi connectivity index (χ3n) is 2.10. The molecule has 1 unspecified atom stereocenters. The van der Waals surface area contributed by atoms with Gasteiger partial charge in [-0.2, -0.15) is 0 Å². The summed E-state index contributed by atoms with van der Waals surface area (Å²) in [6.07, 6.45) is 0.803. The molecular formula is C8H16N2O4P+. The van der Waals surface area contributed by atoms with Crippen molar-refractivity contribution in [3.05, 3.63) is 0 Å². The minimum atomic E-state index is -2.37. The third-order valence-corrected chi connectivity index (χ3v) is 4.00. The van der Waals surface area contributed by atoms with E-state index in [1.807, 2.05) is 0 Å². The number of carbonyl (C=O) groups excluding carboxylic acids is 2. The molecule has 1 heterocycles. The van der Waals surface area contributed by atoms with Gasteiger partial charge in [0.2, 0.25) is 0 Å². The number of hydrogen-bond acceptors (Lipinski definition) is 4. The Labute approximate surface area is 88.9 Å². The van der Waals surface area contributed by atoms with Crippen LogP contribution in [-0.4, -0.2) is 42.3 Å².